The molecule has 18 heavy (non-hydrogen) atoms. The minimum Gasteiger partial charge on any atom is -0.506 e. The van der Waals surface area contributed by atoms with Crippen LogP contribution in [0.15, 0.2) is 36.4 Å². The summed E-state index contributed by atoms with van der Waals surface area (Å²) in [4.78, 5) is 0. The number of ether oxygens (including phenoxy) is 1. The first-order valence-electron chi connectivity index (χ1n) is 5.80. The standard InChI is InChI=1S/C15H13ClO2/c1-15(2)11-6-4-3-5-9(11)10-7-12(16)13(17)8-14(10)18-15/h3-8,17H,1-2H3. The van der Waals surface area contributed by atoms with Gasteiger partial charge in [-0.1, -0.05) is 35.9 Å². The maximum absolute atomic E-state index is 9.68. The zero-order chi connectivity index (χ0) is 12.9. The lowest BCUT2D eigenvalue weighted by molar-refractivity contribution is 0.105. The molecule has 3 rings (SSSR count). The van der Waals surface area contributed by atoms with E-state index in [2.05, 4.69) is 6.07 Å². The van der Waals surface area contributed by atoms with E-state index in [0.29, 0.717) is 10.8 Å². The molecule has 1 aliphatic heterocycles. The Hall–Kier alpha value is -1.67. The molecule has 0 fully saturated rings. The van der Waals surface area contributed by atoms with Crippen molar-refractivity contribution in [2.45, 2.75) is 19.4 Å². The smallest absolute Gasteiger partial charge is 0.137 e. The summed E-state index contributed by atoms with van der Waals surface area (Å²) in [7, 11) is 0. The van der Waals surface area contributed by atoms with Gasteiger partial charge in [-0.25, -0.2) is 0 Å². The Bertz CT molecular complexity index is 632. The van der Waals surface area contributed by atoms with Crippen molar-refractivity contribution >= 4 is 11.6 Å². The molecule has 0 atom stereocenters. The van der Waals surface area contributed by atoms with E-state index in [9.17, 15) is 5.11 Å². The summed E-state index contributed by atoms with van der Waals surface area (Å²) in [5.74, 6) is 0.714. The number of phenolic OH excluding ortho intramolecular Hbond substituents is 1. The molecule has 3 heteroatoms. The molecule has 1 aliphatic rings. The minimum absolute atomic E-state index is 0.0468. The van der Waals surface area contributed by atoms with E-state index in [4.69, 9.17) is 16.3 Å². The molecule has 2 aromatic rings. The number of rotatable bonds is 0. The van der Waals surface area contributed by atoms with Gasteiger partial charge in [0.1, 0.15) is 17.1 Å². The second-order valence-corrected chi connectivity index (χ2v) is 5.36. The Morgan fingerprint density at radius 3 is 2.61 bits per heavy atom. The summed E-state index contributed by atoms with van der Waals surface area (Å²) < 4.78 is 5.96. The zero-order valence-corrected chi connectivity index (χ0v) is 11.0. The van der Waals surface area contributed by atoms with Crippen LogP contribution >= 0.6 is 11.6 Å². The lowest BCUT2D eigenvalue weighted by Gasteiger charge is -2.35. The molecule has 92 valence electrons. The fraction of sp³-hybridized carbons (Fsp3) is 0.200. The molecule has 1 heterocycles. The minimum atomic E-state index is -0.413. The summed E-state index contributed by atoms with van der Waals surface area (Å²) in [6.07, 6.45) is 0. The van der Waals surface area contributed by atoms with Crippen LogP contribution in [0.5, 0.6) is 11.5 Å². The van der Waals surface area contributed by atoms with Crippen LogP contribution in [0.1, 0.15) is 19.4 Å². The van der Waals surface area contributed by atoms with Gasteiger partial charge in [0.15, 0.2) is 0 Å². The van der Waals surface area contributed by atoms with Gasteiger partial charge in [0.25, 0.3) is 0 Å². The molecule has 0 amide bonds. The predicted octanol–water partition coefficient (Wildman–Crippen LogP) is 4.34. The van der Waals surface area contributed by atoms with Gasteiger partial charge < -0.3 is 9.84 Å². The van der Waals surface area contributed by atoms with E-state index in [-0.39, 0.29) is 5.75 Å². The van der Waals surface area contributed by atoms with Gasteiger partial charge in [0.2, 0.25) is 0 Å². The van der Waals surface area contributed by atoms with Gasteiger partial charge in [-0.2, -0.15) is 0 Å². The second-order valence-electron chi connectivity index (χ2n) is 4.96. The fourth-order valence-corrected chi connectivity index (χ4v) is 2.57. The SMILES string of the molecule is CC1(C)Oc2cc(O)c(Cl)cc2-c2ccccc21. The Kier molecular flexibility index (Phi) is 2.32. The molecule has 0 saturated heterocycles. The number of halogens is 1. The quantitative estimate of drug-likeness (QED) is 0.763. The topological polar surface area (TPSA) is 29.5 Å². The summed E-state index contributed by atoms with van der Waals surface area (Å²) in [6.45, 7) is 4.03. The van der Waals surface area contributed by atoms with Gasteiger partial charge in [0.05, 0.1) is 5.02 Å². The van der Waals surface area contributed by atoms with Gasteiger partial charge in [-0.05, 0) is 25.5 Å². The Morgan fingerprint density at radius 2 is 1.83 bits per heavy atom. The Morgan fingerprint density at radius 1 is 1.11 bits per heavy atom. The van der Waals surface area contributed by atoms with Crippen LogP contribution in [0.2, 0.25) is 5.02 Å². The highest BCUT2D eigenvalue weighted by atomic mass is 35.5. The van der Waals surface area contributed by atoms with Crippen molar-refractivity contribution in [3.63, 3.8) is 0 Å². The molecule has 0 bridgehead atoms. The van der Waals surface area contributed by atoms with E-state index >= 15 is 0 Å². The highest BCUT2D eigenvalue weighted by Crippen LogP contribution is 2.47. The highest BCUT2D eigenvalue weighted by Gasteiger charge is 2.32. The van der Waals surface area contributed by atoms with Gasteiger partial charge in [-0.3, -0.25) is 0 Å². The predicted molar refractivity (Wildman–Crippen MR) is 72.2 cm³/mol. The van der Waals surface area contributed by atoms with Crippen molar-refractivity contribution in [3.8, 4) is 22.6 Å². The second kappa shape index (κ2) is 3.66. The van der Waals surface area contributed by atoms with E-state index in [0.717, 1.165) is 16.7 Å². The van der Waals surface area contributed by atoms with Crippen molar-refractivity contribution in [2.24, 2.45) is 0 Å². The first-order chi connectivity index (χ1) is 8.49. The average Bonchev–Trinajstić information content (AvgIpc) is 2.32. The summed E-state index contributed by atoms with van der Waals surface area (Å²) in [5.41, 5.74) is 2.74. The van der Waals surface area contributed by atoms with Gasteiger partial charge >= 0.3 is 0 Å². The number of phenols is 1. The first-order valence-corrected chi connectivity index (χ1v) is 6.18. The maximum atomic E-state index is 9.68. The van der Waals surface area contributed by atoms with Crippen LogP contribution in [0, 0.1) is 0 Å². The van der Waals surface area contributed by atoms with Crippen LogP contribution in [-0.2, 0) is 5.60 Å². The molecule has 0 unspecified atom stereocenters. The molecule has 1 N–H and O–H groups in total. The third kappa shape index (κ3) is 1.57. The van der Waals surface area contributed by atoms with E-state index in [1.165, 1.54) is 0 Å². The number of aromatic hydroxyl groups is 1. The van der Waals surface area contributed by atoms with Crippen LogP contribution < -0.4 is 4.74 Å². The van der Waals surface area contributed by atoms with Gasteiger partial charge in [0, 0.05) is 17.2 Å². The van der Waals surface area contributed by atoms with E-state index in [1.54, 1.807) is 12.1 Å². The molecule has 0 spiro atoms. The summed E-state index contributed by atoms with van der Waals surface area (Å²) in [6, 6.07) is 11.4. The van der Waals surface area contributed by atoms with Crippen LogP contribution in [0.4, 0.5) is 0 Å². The van der Waals surface area contributed by atoms with Crippen molar-refractivity contribution in [1.29, 1.82) is 0 Å². The molecule has 0 aromatic heterocycles. The largest absolute Gasteiger partial charge is 0.506 e. The van der Waals surface area contributed by atoms with E-state index in [1.807, 2.05) is 32.0 Å². The molecule has 0 saturated carbocycles. The van der Waals surface area contributed by atoms with Crippen LogP contribution in [0.25, 0.3) is 11.1 Å². The molecule has 2 nitrogen and oxygen atoms in total. The van der Waals surface area contributed by atoms with Crippen LogP contribution in [-0.4, -0.2) is 5.11 Å². The highest BCUT2D eigenvalue weighted by molar-refractivity contribution is 6.32. The maximum Gasteiger partial charge on any atom is 0.137 e. The molecular weight excluding hydrogens is 248 g/mol. The van der Waals surface area contributed by atoms with Crippen LogP contribution in [0.3, 0.4) is 0 Å². The summed E-state index contributed by atoms with van der Waals surface area (Å²) >= 11 is 5.98. The third-order valence-electron chi connectivity index (χ3n) is 3.28. The normalized spacial score (nSPS) is 15.5. The lowest BCUT2D eigenvalue weighted by atomic mass is 9.86. The Balaban J connectivity index is 2.33. The van der Waals surface area contributed by atoms with Crippen molar-refractivity contribution in [1.82, 2.24) is 0 Å². The number of hydrogen-bond donors (Lipinski definition) is 1. The first kappa shape index (κ1) is 11.4. The average molecular weight is 261 g/mol. The number of benzene rings is 2. The van der Waals surface area contributed by atoms with Crippen molar-refractivity contribution in [2.75, 3.05) is 0 Å². The lowest BCUT2D eigenvalue weighted by Crippen LogP contribution is -2.29. The molecule has 0 radical (unpaired) electrons. The van der Waals surface area contributed by atoms with Gasteiger partial charge in [-0.15, -0.1) is 0 Å². The zero-order valence-electron chi connectivity index (χ0n) is 10.2. The third-order valence-corrected chi connectivity index (χ3v) is 3.58. The monoisotopic (exact) mass is 260 g/mol. The molecule has 0 aliphatic carbocycles. The van der Waals surface area contributed by atoms with E-state index < -0.39 is 5.60 Å². The number of hydrogen-bond acceptors (Lipinski definition) is 2. The summed E-state index contributed by atoms with van der Waals surface area (Å²) in [5, 5.41) is 10.0. The fourth-order valence-electron chi connectivity index (χ4n) is 2.41. The molecular formula is C15H13ClO2. The Labute approximate surface area is 111 Å². The van der Waals surface area contributed by atoms with Crippen molar-refractivity contribution < 1.29 is 9.84 Å². The van der Waals surface area contributed by atoms with Crippen molar-refractivity contribution in [3.05, 3.63) is 47.0 Å². The molecule has 2 aromatic carbocycles. The number of fused-ring (bicyclic) bond motifs is 3.